The molecule has 0 unspecified atom stereocenters. The van der Waals surface area contributed by atoms with Crippen molar-refractivity contribution in [1.82, 2.24) is 4.57 Å². The molecule has 1 aliphatic rings. The third-order valence-electron chi connectivity index (χ3n) is 3.25. The minimum atomic E-state index is -1.53. The number of fused-ring (bicyclic) bond motifs is 2. The minimum absolute atomic E-state index is 0.0130. The minimum Gasteiger partial charge on any atom is -0.340 e. The van der Waals surface area contributed by atoms with E-state index in [1.165, 1.54) is 18.2 Å². The number of rotatable bonds is 1. The van der Waals surface area contributed by atoms with Crippen LogP contribution < -0.4 is 5.43 Å². The quantitative estimate of drug-likeness (QED) is 0.749. The zero-order chi connectivity index (χ0) is 14.7. The second-order valence-corrected chi connectivity index (χ2v) is 7.33. The van der Waals surface area contributed by atoms with Crippen LogP contribution in [-0.4, -0.2) is 9.68 Å². The maximum Gasteiger partial charge on any atom is 0.228 e. The molecule has 104 valence electrons. The molecule has 1 aliphatic heterocycles. The second kappa shape index (κ2) is 4.48. The van der Waals surface area contributed by atoms with E-state index >= 15 is 0 Å². The van der Waals surface area contributed by atoms with E-state index in [0.29, 0.717) is 23.8 Å². The number of benzene rings is 1. The molecule has 3 rings (SSSR count). The fraction of sp³-hybridized carbons (Fsp3) is 0.231. The number of pyridine rings is 1. The number of halogens is 3. The van der Waals surface area contributed by atoms with Crippen molar-refractivity contribution in [3.05, 3.63) is 45.5 Å². The van der Waals surface area contributed by atoms with E-state index in [-0.39, 0.29) is 16.6 Å². The van der Waals surface area contributed by atoms with Crippen molar-refractivity contribution in [3.63, 3.8) is 0 Å². The van der Waals surface area contributed by atoms with Gasteiger partial charge in [-0.25, -0.2) is 4.39 Å². The Balaban J connectivity index is 2.59. The lowest BCUT2D eigenvalue weighted by atomic mass is 10.1. The number of alkyl halides is 2. The van der Waals surface area contributed by atoms with Gasteiger partial charge in [0.2, 0.25) is 14.2 Å². The smallest absolute Gasteiger partial charge is 0.228 e. The van der Waals surface area contributed by atoms with Gasteiger partial charge < -0.3 is 4.57 Å². The molecule has 20 heavy (non-hydrogen) atoms. The number of aromatic nitrogens is 1. The molecule has 2 heterocycles. The van der Waals surface area contributed by atoms with Crippen molar-refractivity contribution in [3.8, 4) is 0 Å². The highest BCUT2D eigenvalue weighted by molar-refractivity contribution is 8.17. The lowest BCUT2D eigenvalue weighted by Crippen LogP contribution is -2.21. The van der Waals surface area contributed by atoms with Crippen LogP contribution in [0.5, 0.6) is 0 Å². The highest BCUT2D eigenvalue weighted by Crippen LogP contribution is 2.52. The first-order chi connectivity index (χ1) is 9.36. The molecule has 0 saturated heterocycles. The summed E-state index contributed by atoms with van der Waals surface area (Å²) in [5.41, 5.74) is 0.153. The van der Waals surface area contributed by atoms with E-state index in [2.05, 4.69) is 0 Å². The Morgan fingerprint density at radius 3 is 2.70 bits per heavy atom. The van der Waals surface area contributed by atoms with E-state index in [9.17, 15) is 14.0 Å². The number of thioether (sulfide) groups is 1. The molecule has 0 aliphatic carbocycles. The fourth-order valence-electron chi connectivity index (χ4n) is 2.45. The molecule has 0 spiro atoms. The highest BCUT2D eigenvalue weighted by Gasteiger charge is 2.46. The van der Waals surface area contributed by atoms with Crippen molar-refractivity contribution in [2.75, 3.05) is 0 Å². The van der Waals surface area contributed by atoms with Gasteiger partial charge in [-0.1, -0.05) is 23.2 Å². The van der Waals surface area contributed by atoms with Gasteiger partial charge in [-0.05, 0) is 36.9 Å². The standard InChI is InChI=1S/C13H8Cl2FNO2S/c1-2-17-8-5-6(16)3-4-7(8)10(18)9-11(17)13(14,15)20-12(9)19/h3-5H,2H2,1H3. The SMILES string of the molecule is CCn1c2c(c(=O)c3ccc(F)cc31)C(=O)SC2(Cl)Cl. The maximum absolute atomic E-state index is 13.5. The monoisotopic (exact) mass is 331 g/mol. The van der Waals surface area contributed by atoms with E-state index in [4.69, 9.17) is 23.2 Å². The molecule has 1 aromatic heterocycles. The van der Waals surface area contributed by atoms with Gasteiger partial charge >= 0.3 is 0 Å². The molecule has 0 atom stereocenters. The largest absolute Gasteiger partial charge is 0.340 e. The molecular weight excluding hydrogens is 324 g/mol. The Morgan fingerprint density at radius 1 is 1.35 bits per heavy atom. The van der Waals surface area contributed by atoms with Gasteiger partial charge in [0.05, 0.1) is 11.2 Å². The van der Waals surface area contributed by atoms with E-state index in [1.807, 2.05) is 6.92 Å². The second-order valence-electron chi connectivity index (χ2n) is 4.36. The number of hydrogen-bond acceptors (Lipinski definition) is 3. The molecule has 2 aromatic rings. The first kappa shape index (κ1) is 13.9. The molecule has 7 heteroatoms. The Labute approximate surface area is 127 Å². The number of carbonyl (C=O) groups excluding carboxylic acids is 1. The zero-order valence-electron chi connectivity index (χ0n) is 10.2. The highest BCUT2D eigenvalue weighted by atomic mass is 35.5. The van der Waals surface area contributed by atoms with Crippen LogP contribution >= 0.6 is 35.0 Å². The summed E-state index contributed by atoms with van der Waals surface area (Å²) in [4.78, 5) is 24.4. The molecular formula is C13H8Cl2FNO2S. The van der Waals surface area contributed by atoms with Crippen LogP contribution in [0.4, 0.5) is 4.39 Å². The van der Waals surface area contributed by atoms with Crippen LogP contribution in [-0.2, 0) is 10.2 Å². The van der Waals surface area contributed by atoms with Crippen LogP contribution in [0.2, 0.25) is 0 Å². The molecule has 0 fully saturated rings. The Kier molecular flexibility index (Phi) is 3.12. The predicted molar refractivity (Wildman–Crippen MR) is 79.1 cm³/mol. The van der Waals surface area contributed by atoms with E-state index in [0.717, 1.165) is 0 Å². The number of aryl methyl sites for hydroxylation is 1. The molecule has 0 radical (unpaired) electrons. The van der Waals surface area contributed by atoms with Gasteiger partial charge in [0.1, 0.15) is 11.4 Å². The van der Waals surface area contributed by atoms with Gasteiger partial charge in [0.15, 0.2) is 0 Å². The van der Waals surface area contributed by atoms with Crippen molar-refractivity contribution < 1.29 is 9.18 Å². The van der Waals surface area contributed by atoms with Gasteiger partial charge in [0.25, 0.3) is 0 Å². The summed E-state index contributed by atoms with van der Waals surface area (Å²) in [5, 5.41) is -0.171. The summed E-state index contributed by atoms with van der Waals surface area (Å²) in [6.45, 7) is 2.23. The van der Waals surface area contributed by atoms with Crippen LogP contribution in [0.3, 0.4) is 0 Å². The predicted octanol–water partition coefficient (Wildman–Crippen LogP) is 3.64. The summed E-state index contributed by atoms with van der Waals surface area (Å²) in [7, 11) is 0. The molecule has 0 bridgehead atoms. The molecule has 0 N–H and O–H groups in total. The topological polar surface area (TPSA) is 39.1 Å². The first-order valence-corrected chi connectivity index (χ1v) is 7.41. The van der Waals surface area contributed by atoms with Crippen LogP contribution in [0.15, 0.2) is 23.0 Å². The summed E-state index contributed by atoms with van der Waals surface area (Å²) >= 11 is 13.0. The normalized spacial score (nSPS) is 16.7. The van der Waals surface area contributed by atoms with Gasteiger partial charge in [-0.2, -0.15) is 0 Å². The van der Waals surface area contributed by atoms with Crippen molar-refractivity contribution in [2.24, 2.45) is 0 Å². The maximum atomic E-state index is 13.5. The van der Waals surface area contributed by atoms with Crippen LogP contribution in [0.25, 0.3) is 10.9 Å². The van der Waals surface area contributed by atoms with Gasteiger partial charge in [-0.3, -0.25) is 9.59 Å². The summed E-state index contributed by atoms with van der Waals surface area (Å²) < 4.78 is 13.5. The molecule has 1 aromatic carbocycles. The average Bonchev–Trinajstić information content (AvgIpc) is 2.60. The van der Waals surface area contributed by atoms with Crippen LogP contribution in [0.1, 0.15) is 23.0 Å². The number of carbonyl (C=O) groups is 1. The number of nitrogens with zero attached hydrogens (tertiary/aromatic N) is 1. The van der Waals surface area contributed by atoms with Gasteiger partial charge in [0, 0.05) is 11.9 Å². The Hall–Kier alpha value is -1.04. The average molecular weight is 332 g/mol. The van der Waals surface area contributed by atoms with Crippen molar-refractivity contribution in [2.45, 2.75) is 17.1 Å². The summed E-state index contributed by atoms with van der Waals surface area (Å²) in [6, 6.07) is 3.81. The Morgan fingerprint density at radius 2 is 2.05 bits per heavy atom. The first-order valence-electron chi connectivity index (χ1n) is 5.84. The third kappa shape index (κ3) is 1.80. The molecule has 0 amide bonds. The van der Waals surface area contributed by atoms with Crippen molar-refractivity contribution >= 4 is 51.0 Å². The number of hydrogen-bond donors (Lipinski definition) is 0. The summed E-state index contributed by atoms with van der Waals surface area (Å²) in [6.07, 6.45) is 0. The zero-order valence-corrected chi connectivity index (χ0v) is 12.6. The fourth-order valence-corrected chi connectivity index (χ4v) is 4.10. The van der Waals surface area contributed by atoms with Crippen molar-refractivity contribution in [1.29, 1.82) is 0 Å². The van der Waals surface area contributed by atoms with Crippen LogP contribution in [0, 0.1) is 5.82 Å². The van der Waals surface area contributed by atoms with E-state index < -0.39 is 20.0 Å². The van der Waals surface area contributed by atoms with Gasteiger partial charge in [-0.15, -0.1) is 0 Å². The summed E-state index contributed by atoms with van der Waals surface area (Å²) in [5.74, 6) is -0.467. The lowest BCUT2D eigenvalue weighted by molar-refractivity contribution is 0.109. The third-order valence-corrected chi connectivity index (χ3v) is 4.91. The molecule has 0 saturated carbocycles. The Bertz CT molecular complexity index is 816. The molecule has 3 nitrogen and oxygen atoms in total. The van der Waals surface area contributed by atoms with E-state index in [1.54, 1.807) is 4.57 Å². The lowest BCUT2D eigenvalue weighted by Gasteiger charge is -2.19.